The molecule has 3 heterocycles. The summed E-state index contributed by atoms with van der Waals surface area (Å²) < 4.78 is 37.6. The van der Waals surface area contributed by atoms with Crippen LogP contribution in [0.2, 0.25) is 0 Å². The van der Waals surface area contributed by atoms with E-state index in [9.17, 15) is 22.8 Å². The molecule has 1 fully saturated rings. The van der Waals surface area contributed by atoms with E-state index in [2.05, 4.69) is 14.8 Å². The Morgan fingerprint density at radius 2 is 1.77 bits per heavy atom. The summed E-state index contributed by atoms with van der Waals surface area (Å²) in [6.07, 6.45) is -3.40. The number of benzene rings is 2. The molecule has 1 amide bonds. The van der Waals surface area contributed by atoms with Crippen LogP contribution in [0.4, 0.5) is 13.2 Å². The number of rotatable bonds is 5. The Morgan fingerprint density at radius 3 is 2.38 bits per heavy atom. The van der Waals surface area contributed by atoms with Gasteiger partial charge in [-0.3, -0.25) is 14.5 Å². The quantitative estimate of drug-likeness (QED) is 0.461. The lowest BCUT2D eigenvalue weighted by molar-refractivity contribution is -0.192. The van der Waals surface area contributed by atoms with Crippen LogP contribution in [-0.2, 0) is 21.5 Å². The first-order chi connectivity index (χ1) is 18.4. The number of hydrogen-bond acceptors (Lipinski definition) is 5. The molecule has 0 bridgehead atoms. The van der Waals surface area contributed by atoms with E-state index < -0.39 is 12.1 Å². The van der Waals surface area contributed by atoms with Gasteiger partial charge in [0.05, 0.1) is 5.54 Å². The summed E-state index contributed by atoms with van der Waals surface area (Å²) >= 11 is 0. The third-order valence-corrected chi connectivity index (χ3v) is 7.25. The van der Waals surface area contributed by atoms with Crippen molar-refractivity contribution in [2.45, 2.75) is 38.4 Å². The number of para-hydroxylation sites is 1. The number of alkyl halides is 3. The fourth-order valence-electron chi connectivity index (χ4n) is 5.45. The van der Waals surface area contributed by atoms with Gasteiger partial charge >= 0.3 is 12.1 Å². The number of Topliss-reactive ketones (excluding diaryl/α,β-unsaturated/α-hetero) is 1. The van der Waals surface area contributed by atoms with E-state index in [-0.39, 0.29) is 17.2 Å². The van der Waals surface area contributed by atoms with Gasteiger partial charge in [0.1, 0.15) is 12.4 Å². The number of ketones is 1. The van der Waals surface area contributed by atoms with Crippen molar-refractivity contribution in [2.24, 2.45) is 0 Å². The fraction of sp³-hybridized carbons (Fsp3) is 0.393. The Hall–Kier alpha value is -3.86. The fourth-order valence-corrected chi connectivity index (χ4v) is 5.45. The second-order valence-electron chi connectivity index (χ2n) is 9.74. The molecule has 1 aromatic heterocycles. The highest BCUT2D eigenvalue weighted by atomic mass is 19.4. The van der Waals surface area contributed by atoms with Gasteiger partial charge in [-0.05, 0) is 55.7 Å². The standard InChI is InChI=1S/C26H29N3O3.C2HF3O2/c1-18(30)20-8-9-24-23(16-20)22-10-12-29(19(2)31)26(25(22)27-24)11-13-28(17-26)14-15-32-21-6-4-3-5-7-21;3-2(4,5)1(6)7/h3-9,16,27H,10-15,17H2,1-2H3;(H,6,7). The maximum absolute atomic E-state index is 12.7. The summed E-state index contributed by atoms with van der Waals surface area (Å²) in [5, 5.41) is 8.24. The van der Waals surface area contributed by atoms with Gasteiger partial charge in [0, 0.05) is 55.3 Å². The second-order valence-corrected chi connectivity index (χ2v) is 9.74. The molecule has 2 N–H and O–H groups in total. The van der Waals surface area contributed by atoms with Gasteiger partial charge in [0.15, 0.2) is 5.78 Å². The molecule has 0 saturated carbocycles. The van der Waals surface area contributed by atoms with E-state index in [1.807, 2.05) is 48.5 Å². The number of ether oxygens (including phenoxy) is 1. The number of nitrogens with one attached hydrogen (secondary N) is 1. The Morgan fingerprint density at radius 1 is 1.08 bits per heavy atom. The minimum absolute atomic E-state index is 0.0724. The Bertz CT molecular complexity index is 1370. The summed E-state index contributed by atoms with van der Waals surface area (Å²) in [6, 6.07) is 15.7. The number of carbonyl (C=O) groups excluding carboxylic acids is 2. The van der Waals surface area contributed by atoms with E-state index in [1.54, 1.807) is 13.8 Å². The number of aliphatic carboxylic acids is 1. The molecule has 2 aromatic carbocycles. The van der Waals surface area contributed by atoms with E-state index in [1.165, 1.54) is 5.56 Å². The number of likely N-dealkylation sites (tertiary alicyclic amines) is 1. The van der Waals surface area contributed by atoms with Crippen LogP contribution in [0.25, 0.3) is 10.9 Å². The smallest absolute Gasteiger partial charge is 0.490 e. The molecule has 1 saturated heterocycles. The summed E-state index contributed by atoms with van der Waals surface area (Å²) in [7, 11) is 0. The van der Waals surface area contributed by atoms with Crippen molar-refractivity contribution in [2.75, 3.05) is 32.8 Å². The van der Waals surface area contributed by atoms with Gasteiger partial charge < -0.3 is 19.7 Å². The highest BCUT2D eigenvalue weighted by Crippen LogP contribution is 2.44. The third-order valence-electron chi connectivity index (χ3n) is 7.25. The first kappa shape index (κ1) is 28.2. The number of carboxylic acids is 1. The maximum Gasteiger partial charge on any atom is 0.490 e. The number of amides is 1. The van der Waals surface area contributed by atoms with Gasteiger partial charge in [0.2, 0.25) is 5.91 Å². The highest BCUT2D eigenvalue weighted by molar-refractivity contribution is 5.99. The number of fused-ring (bicyclic) bond motifs is 4. The van der Waals surface area contributed by atoms with Crippen LogP contribution in [0.1, 0.15) is 41.9 Å². The largest absolute Gasteiger partial charge is 0.492 e. The number of aromatic amines is 1. The highest BCUT2D eigenvalue weighted by Gasteiger charge is 2.50. The van der Waals surface area contributed by atoms with Crippen LogP contribution in [0.15, 0.2) is 48.5 Å². The number of carbonyl (C=O) groups is 3. The van der Waals surface area contributed by atoms with Crippen LogP contribution >= 0.6 is 0 Å². The summed E-state index contributed by atoms with van der Waals surface area (Å²) in [5.41, 5.74) is 3.80. The van der Waals surface area contributed by atoms with E-state index >= 15 is 0 Å². The molecule has 1 atom stereocenters. The van der Waals surface area contributed by atoms with Crippen LogP contribution in [0.5, 0.6) is 5.75 Å². The molecule has 5 rings (SSSR count). The third kappa shape index (κ3) is 5.93. The molecule has 0 radical (unpaired) electrons. The Labute approximate surface area is 223 Å². The number of carboxylic acid groups (broad SMARTS) is 1. The summed E-state index contributed by atoms with van der Waals surface area (Å²) in [5.74, 6) is -1.69. The molecular formula is C28H30F3N3O5. The number of hydrogen-bond donors (Lipinski definition) is 2. The lowest BCUT2D eigenvalue weighted by atomic mass is 9.83. The van der Waals surface area contributed by atoms with E-state index in [0.29, 0.717) is 13.2 Å². The second kappa shape index (κ2) is 11.1. The zero-order chi connectivity index (χ0) is 28.4. The van der Waals surface area contributed by atoms with Crippen molar-refractivity contribution in [3.63, 3.8) is 0 Å². The van der Waals surface area contributed by atoms with Crippen molar-refractivity contribution in [1.29, 1.82) is 0 Å². The van der Waals surface area contributed by atoms with E-state index in [4.69, 9.17) is 14.6 Å². The van der Waals surface area contributed by atoms with Crippen molar-refractivity contribution >= 4 is 28.6 Å². The van der Waals surface area contributed by atoms with Crippen LogP contribution in [-0.4, -0.2) is 76.5 Å². The molecule has 11 heteroatoms. The molecular weight excluding hydrogens is 515 g/mol. The normalized spacial score (nSPS) is 18.9. The molecule has 0 aliphatic carbocycles. The van der Waals surface area contributed by atoms with Crippen LogP contribution in [0.3, 0.4) is 0 Å². The van der Waals surface area contributed by atoms with Gasteiger partial charge in [-0.2, -0.15) is 13.2 Å². The van der Waals surface area contributed by atoms with Gasteiger partial charge in [-0.1, -0.05) is 18.2 Å². The lowest BCUT2D eigenvalue weighted by Crippen LogP contribution is -2.54. The zero-order valence-electron chi connectivity index (χ0n) is 21.7. The number of halogens is 3. The summed E-state index contributed by atoms with van der Waals surface area (Å²) in [4.78, 5) is 41.6. The maximum atomic E-state index is 12.7. The van der Waals surface area contributed by atoms with Crippen molar-refractivity contribution in [3.8, 4) is 5.75 Å². The number of nitrogens with zero attached hydrogens (tertiary/aromatic N) is 2. The molecule has 2 aliphatic rings. The predicted octanol–water partition coefficient (Wildman–Crippen LogP) is 4.39. The van der Waals surface area contributed by atoms with Crippen molar-refractivity contribution in [1.82, 2.24) is 14.8 Å². The zero-order valence-corrected chi connectivity index (χ0v) is 21.7. The molecule has 3 aromatic rings. The number of aromatic nitrogens is 1. The van der Waals surface area contributed by atoms with Gasteiger partial charge in [-0.25, -0.2) is 4.79 Å². The molecule has 1 unspecified atom stereocenters. The van der Waals surface area contributed by atoms with Crippen LogP contribution in [0, 0.1) is 0 Å². The molecule has 39 heavy (non-hydrogen) atoms. The monoisotopic (exact) mass is 545 g/mol. The molecule has 2 aliphatic heterocycles. The van der Waals surface area contributed by atoms with Crippen LogP contribution < -0.4 is 4.74 Å². The minimum Gasteiger partial charge on any atom is -0.492 e. The number of H-pyrrole nitrogens is 1. The molecule has 8 nitrogen and oxygen atoms in total. The Balaban J connectivity index is 0.000000448. The van der Waals surface area contributed by atoms with Crippen molar-refractivity contribution in [3.05, 3.63) is 65.4 Å². The van der Waals surface area contributed by atoms with Crippen molar-refractivity contribution < 1.29 is 37.4 Å². The SMILES string of the molecule is CC(=O)c1ccc2[nH]c3c(c2c1)CCN(C(C)=O)C31CCN(CCOc2ccccc2)C1.O=C(O)C(F)(F)F. The first-order valence-corrected chi connectivity index (χ1v) is 12.6. The first-order valence-electron chi connectivity index (χ1n) is 12.6. The Kier molecular flexibility index (Phi) is 8.01. The average Bonchev–Trinajstić information content (AvgIpc) is 3.47. The topological polar surface area (TPSA) is 103 Å². The van der Waals surface area contributed by atoms with Gasteiger partial charge in [0.25, 0.3) is 0 Å². The average molecular weight is 546 g/mol. The molecule has 1 spiro atoms. The summed E-state index contributed by atoms with van der Waals surface area (Å²) in [6.45, 7) is 7.09. The molecule has 208 valence electrons. The minimum atomic E-state index is -5.08. The van der Waals surface area contributed by atoms with E-state index in [0.717, 1.165) is 60.4 Å². The van der Waals surface area contributed by atoms with Gasteiger partial charge in [-0.15, -0.1) is 0 Å². The lowest BCUT2D eigenvalue weighted by Gasteiger charge is -2.44. The predicted molar refractivity (Wildman–Crippen MR) is 138 cm³/mol.